The van der Waals surface area contributed by atoms with E-state index >= 15 is 0 Å². The summed E-state index contributed by atoms with van der Waals surface area (Å²) in [6.45, 7) is -0.233. The number of halogens is 3. The van der Waals surface area contributed by atoms with Gasteiger partial charge in [0, 0.05) is 18.9 Å². The number of aromatic nitrogens is 2. The summed E-state index contributed by atoms with van der Waals surface area (Å²) in [5.74, 6) is 0.208. The van der Waals surface area contributed by atoms with Crippen molar-refractivity contribution >= 4 is 5.82 Å². The van der Waals surface area contributed by atoms with Gasteiger partial charge in [0.25, 0.3) is 0 Å². The van der Waals surface area contributed by atoms with Crippen LogP contribution >= 0.6 is 0 Å². The molecule has 0 radical (unpaired) electrons. The fourth-order valence-electron chi connectivity index (χ4n) is 1.78. The number of nitrogens with zero attached hydrogens (tertiary/aromatic N) is 3. The van der Waals surface area contributed by atoms with E-state index in [0.29, 0.717) is 0 Å². The minimum Gasteiger partial charge on any atom is -0.491 e. The molecular weight excluding hydrogens is 325 g/mol. The lowest BCUT2D eigenvalue weighted by Gasteiger charge is -2.15. The predicted molar refractivity (Wildman–Crippen MR) is 78.2 cm³/mol. The van der Waals surface area contributed by atoms with E-state index in [-0.39, 0.29) is 30.4 Å². The summed E-state index contributed by atoms with van der Waals surface area (Å²) in [6.07, 6.45) is -2.74. The van der Waals surface area contributed by atoms with E-state index in [9.17, 15) is 18.3 Å². The molecular formula is C15H13F3N4O2. The van der Waals surface area contributed by atoms with Gasteiger partial charge in [0.15, 0.2) is 11.5 Å². The Morgan fingerprint density at radius 1 is 1.29 bits per heavy atom. The lowest BCUT2D eigenvalue weighted by molar-refractivity contribution is -0.137. The highest BCUT2D eigenvalue weighted by Crippen LogP contribution is 2.31. The van der Waals surface area contributed by atoms with Crippen LogP contribution in [0.3, 0.4) is 0 Å². The van der Waals surface area contributed by atoms with Gasteiger partial charge in [0.2, 0.25) is 0 Å². The number of hydrogen-bond acceptors (Lipinski definition) is 6. The molecule has 0 unspecified atom stereocenters. The standard InChI is InChI=1S/C15H13F3N4O2/c16-15(17,18)10-2-1-3-12(6-10)24-9-11(23)8-22-14-13(7-19)20-4-5-21-14/h1-6,11,23H,8-9H2,(H,21,22)/t11-/m1/s1. The van der Waals surface area contributed by atoms with Gasteiger partial charge in [-0.05, 0) is 18.2 Å². The summed E-state index contributed by atoms with van der Waals surface area (Å²) >= 11 is 0. The van der Waals surface area contributed by atoms with Crippen molar-refractivity contribution < 1.29 is 23.0 Å². The molecule has 126 valence electrons. The van der Waals surface area contributed by atoms with Crippen molar-refractivity contribution in [3.8, 4) is 11.8 Å². The molecule has 1 atom stereocenters. The number of hydrogen-bond donors (Lipinski definition) is 2. The quantitative estimate of drug-likeness (QED) is 0.839. The first kappa shape index (κ1) is 17.5. The molecule has 2 N–H and O–H groups in total. The molecule has 2 aromatic rings. The van der Waals surface area contributed by atoms with Crippen LogP contribution in [0.15, 0.2) is 36.7 Å². The maximum absolute atomic E-state index is 12.6. The number of benzene rings is 1. The largest absolute Gasteiger partial charge is 0.491 e. The molecule has 0 aliphatic heterocycles. The van der Waals surface area contributed by atoms with Crippen LogP contribution in [0.5, 0.6) is 5.75 Å². The summed E-state index contributed by atoms with van der Waals surface area (Å²) in [5.41, 5.74) is -0.755. The first-order chi connectivity index (χ1) is 11.4. The van der Waals surface area contributed by atoms with Crippen molar-refractivity contribution in [1.29, 1.82) is 5.26 Å². The van der Waals surface area contributed by atoms with Crippen molar-refractivity contribution in [2.45, 2.75) is 12.3 Å². The van der Waals surface area contributed by atoms with E-state index in [4.69, 9.17) is 10.00 Å². The van der Waals surface area contributed by atoms with E-state index in [1.54, 1.807) is 0 Å². The van der Waals surface area contributed by atoms with Gasteiger partial charge < -0.3 is 15.2 Å². The second-order valence-corrected chi connectivity index (χ2v) is 4.74. The number of aliphatic hydroxyl groups excluding tert-OH is 1. The fourth-order valence-corrected chi connectivity index (χ4v) is 1.78. The molecule has 1 aromatic carbocycles. The number of nitriles is 1. The molecule has 0 amide bonds. The zero-order valence-corrected chi connectivity index (χ0v) is 12.3. The third-order valence-corrected chi connectivity index (χ3v) is 2.91. The third kappa shape index (κ3) is 4.82. The van der Waals surface area contributed by atoms with Crippen molar-refractivity contribution in [2.75, 3.05) is 18.5 Å². The highest BCUT2D eigenvalue weighted by Gasteiger charge is 2.30. The topological polar surface area (TPSA) is 91.1 Å². The average molecular weight is 338 g/mol. The average Bonchev–Trinajstić information content (AvgIpc) is 2.58. The van der Waals surface area contributed by atoms with Crippen LogP contribution in [-0.2, 0) is 6.18 Å². The Morgan fingerprint density at radius 3 is 2.75 bits per heavy atom. The fraction of sp³-hybridized carbons (Fsp3) is 0.267. The van der Waals surface area contributed by atoms with Gasteiger partial charge in [0.1, 0.15) is 24.5 Å². The van der Waals surface area contributed by atoms with Gasteiger partial charge >= 0.3 is 6.18 Å². The Kier molecular flexibility index (Phi) is 5.55. The Morgan fingerprint density at radius 2 is 2.04 bits per heavy atom. The lowest BCUT2D eigenvalue weighted by atomic mass is 10.2. The van der Waals surface area contributed by atoms with E-state index < -0.39 is 17.8 Å². The first-order valence-electron chi connectivity index (χ1n) is 6.83. The second kappa shape index (κ2) is 7.61. The number of rotatable bonds is 6. The summed E-state index contributed by atoms with van der Waals surface area (Å²) < 4.78 is 42.9. The summed E-state index contributed by atoms with van der Waals surface area (Å²) in [4.78, 5) is 7.70. The summed E-state index contributed by atoms with van der Waals surface area (Å²) in [5, 5.41) is 21.4. The molecule has 9 heteroatoms. The minimum absolute atomic E-state index is 0.00101. The van der Waals surface area contributed by atoms with Gasteiger partial charge in [-0.15, -0.1) is 0 Å². The number of alkyl halides is 3. The lowest BCUT2D eigenvalue weighted by Crippen LogP contribution is -2.27. The maximum Gasteiger partial charge on any atom is 0.416 e. The van der Waals surface area contributed by atoms with Crippen LogP contribution in [0.4, 0.5) is 19.0 Å². The predicted octanol–water partition coefficient (Wildman–Crippen LogP) is 2.22. The van der Waals surface area contributed by atoms with Crippen LogP contribution in [0.25, 0.3) is 0 Å². The van der Waals surface area contributed by atoms with Crippen molar-refractivity contribution in [3.63, 3.8) is 0 Å². The molecule has 6 nitrogen and oxygen atoms in total. The molecule has 1 heterocycles. The normalized spacial score (nSPS) is 12.3. The highest BCUT2D eigenvalue weighted by atomic mass is 19.4. The van der Waals surface area contributed by atoms with E-state index in [1.807, 2.05) is 6.07 Å². The van der Waals surface area contributed by atoms with E-state index in [0.717, 1.165) is 12.1 Å². The molecule has 0 spiro atoms. The van der Waals surface area contributed by atoms with Gasteiger partial charge in [-0.2, -0.15) is 18.4 Å². The molecule has 0 saturated carbocycles. The summed E-state index contributed by atoms with van der Waals surface area (Å²) in [7, 11) is 0. The molecule has 24 heavy (non-hydrogen) atoms. The molecule has 0 saturated heterocycles. The Labute approximate surface area is 135 Å². The van der Waals surface area contributed by atoms with Crippen LogP contribution in [-0.4, -0.2) is 34.3 Å². The molecule has 0 fully saturated rings. The van der Waals surface area contributed by atoms with E-state index in [2.05, 4.69) is 15.3 Å². The van der Waals surface area contributed by atoms with Crippen molar-refractivity contribution in [2.24, 2.45) is 0 Å². The molecule has 1 aromatic heterocycles. The van der Waals surface area contributed by atoms with Gasteiger partial charge in [-0.3, -0.25) is 0 Å². The Balaban J connectivity index is 1.88. The van der Waals surface area contributed by atoms with Crippen LogP contribution in [0.2, 0.25) is 0 Å². The van der Waals surface area contributed by atoms with Crippen LogP contribution in [0, 0.1) is 11.3 Å². The van der Waals surface area contributed by atoms with Crippen molar-refractivity contribution in [1.82, 2.24) is 9.97 Å². The SMILES string of the molecule is N#Cc1nccnc1NC[C@@H](O)COc1cccc(C(F)(F)F)c1. The zero-order chi connectivity index (χ0) is 17.6. The Bertz CT molecular complexity index is 731. The highest BCUT2D eigenvalue weighted by molar-refractivity contribution is 5.46. The zero-order valence-electron chi connectivity index (χ0n) is 12.3. The van der Waals surface area contributed by atoms with E-state index in [1.165, 1.54) is 24.5 Å². The molecule has 0 aliphatic carbocycles. The number of anilines is 1. The number of nitrogens with one attached hydrogen (secondary N) is 1. The monoisotopic (exact) mass is 338 g/mol. The van der Waals surface area contributed by atoms with Crippen LogP contribution in [0.1, 0.15) is 11.3 Å². The Hall–Kier alpha value is -2.86. The van der Waals surface area contributed by atoms with Gasteiger partial charge in [0.05, 0.1) is 5.56 Å². The molecule has 0 bridgehead atoms. The second-order valence-electron chi connectivity index (χ2n) is 4.74. The van der Waals surface area contributed by atoms with Gasteiger partial charge in [-0.1, -0.05) is 6.07 Å². The first-order valence-corrected chi connectivity index (χ1v) is 6.83. The van der Waals surface area contributed by atoms with Gasteiger partial charge in [-0.25, -0.2) is 9.97 Å². The molecule has 0 aliphatic rings. The molecule has 2 rings (SSSR count). The smallest absolute Gasteiger partial charge is 0.416 e. The number of aliphatic hydroxyl groups is 1. The van der Waals surface area contributed by atoms with Crippen molar-refractivity contribution in [3.05, 3.63) is 47.9 Å². The minimum atomic E-state index is -4.46. The third-order valence-electron chi connectivity index (χ3n) is 2.91. The van der Waals surface area contributed by atoms with Crippen LogP contribution < -0.4 is 10.1 Å². The maximum atomic E-state index is 12.6. The number of ether oxygens (including phenoxy) is 1. The summed E-state index contributed by atoms with van der Waals surface area (Å²) in [6, 6.07) is 6.22.